The SMILES string of the molecule is COc1ccccc1C(=O)CSc1nnc2n(-c3cc(C)ccc3C)c(=O)c3ccccc3n12. The second-order valence-electron chi connectivity index (χ2n) is 7.98. The average Bonchev–Trinajstić information content (AvgIpc) is 3.28. The Balaban J connectivity index is 1.65. The highest BCUT2D eigenvalue weighted by Gasteiger charge is 2.20. The lowest BCUT2D eigenvalue weighted by molar-refractivity contribution is 0.101. The maximum Gasteiger partial charge on any atom is 0.267 e. The molecule has 34 heavy (non-hydrogen) atoms. The second-order valence-corrected chi connectivity index (χ2v) is 8.92. The third-order valence-electron chi connectivity index (χ3n) is 5.74. The molecule has 5 rings (SSSR count). The molecule has 170 valence electrons. The van der Waals surface area contributed by atoms with Gasteiger partial charge in [0, 0.05) is 0 Å². The van der Waals surface area contributed by atoms with Crippen LogP contribution in [0, 0.1) is 13.8 Å². The van der Waals surface area contributed by atoms with Gasteiger partial charge in [0.2, 0.25) is 5.78 Å². The Hall–Kier alpha value is -3.91. The van der Waals surface area contributed by atoms with Crippen LogP contribution in [0.1, 0.15) is 21.5 Å². The number of fused-ring (bicyclic) bond motifs is 3. The van der Waals surface area contributed by atoms with Gasteiger partial charge in [0.25, 0.3) is 5.56 Å². The summed E-state index contributed by atoms with van der Waals surface area (Å²) in [6.45, 7) is 3.95. The predicted octanol–water partition coefficient (Wildman–Crippen LogP) is 4.63. The van der Waals surface area contributed by atoms with Gasteiger partial charge >= 0.3 is 0 Å². The summed E-state index contributed by atoms with van der Waals surface area (Å²) in [5.41, 5.74) is 3.80. The van der Waals surface area contributed by atoms with Crippen LogP contribution in [0.2, 0.25) is 0 Å². The molecule has 8 heteroatoms. The van der Waals surface area contributed by atoms with Crippen LogP contribution in [0.15, 0.2) is 76.7 Å². The van der Waals surface area contributed by atoms with Gasteiger partial charge in [-0.1, -0.05) is 48.2 Å². The third-order valence-corrected chi connectivity index (χ3v) is 6.67. The minimum atomic E-state index is -0.161. The fourth-order valence-electron chi connectivity index (χ4n) is 4.03. The number of hydrogen-bond donors (Lipinski definition) is 0. The maximum absolute atomic E-state index is 13.5. The molecule has 0 fully saturated rings. The Labute approximate surface area is 200 Å². The van der Waals surface area contributed by atoms with E-state index in [1.807, 2.05) is 66.8 Å². The van der Waals surface area contributed by atoms with Gasteiger partial charge in [-0.15, -0.1) is 10.2 Å². The molecule has 5 aromatic rings. The summed E-state index contributed by atoms with van der Waals surface area (Å²) in [6, 6.07) is 20.5. The van der Waals surface area contributed by atoms with Crippen molar-refractivity contribution in [1.82, 2.24) is 19.2 Å². The number of ether oxygens (including phenoxy) is 1. The highest BCUT2D eigenvalue weighted by Crippen LogP contribution is 2.26. The number of aryl methyl sites for hydroxylation is 2. The summed E-state index contributed by atoms with van der Waals surface area (Å²) < 4.78 is 8.78. The number of ketones is 1. The van der Waals surface area contributed by atoms with Crippen LogP contribution in [-0.4, -0.2) is 37.8 Å². The first-order chi connectivity index (χ1) is 16.5. The molecule has 0 aliphatic rings. The van der Waals surface area contributed by atoms with Gasteiger partial charge in [-0.05, 0) is 55.3 Å². The van der Waals surface area contributed by atoms with Crippen molar-refractivity contribution in [2.75, 3.05) is 12.9 Å². The molecule has 0 N–H and O–H groups in total. The van der Waals surface area contributed by atoms with Crippen molar-refractivity contribution in [3.05, 3.63) is 93.8 Å². The molecular weight excluding hydrogens is 448 g/mol. The first-order valence-corrected chi connectivity index (χ1v) is 11.7. The first-order valence-electron chi connectivity index (χ1n) is 10.7. The largest absolute Gasteiger partial charge is 0.496 e. The Morgan fingerprint density at radius 3 is 2.59 bits per heavy atom. The molecule has 2 heterocycles. The molecular formula is C26H22N4O3S. The fourth-order valence-corrected chi connectivity index (χ4v) is 4.86. The van der Waals surface area contributed by atoms with Crippen molar-refractivity contribution in [1.29, 1.82) is 0 Å². The highest BCUT2D eigenvalue weighted by atomic mass is 32.2. The van der Waals surface area contributed by atoms with Crippen LogP contribution < -0.4 is 10.3 Å². The molecule has 7 nitrogen and oxygen atoms in total. The normalized spacial score (nSPS) is 11.3. The van der Waals surface area contributed by atoms with Gasteiger partial charge < -0.3 is 4.74 Å². The van der Waals surface area contributed by atoms with Crippen LogP contribution in [0.5, 0.6) is 5.75 Å². The van der Waals surface area contributed by atoms with E-state index in [2.05, 4.69) is 10.2 Å². The quantitative estimate of drug-likeness (QED) is 0.266. The lowest BCUT2D eigenvalue weighted by Crippen LogP contribution is -2.22. The van der Waals surface area contributed by atoms with Crippen molar-refractivity contribution in [3.8, 4) is 11.4 Å². The molecule has 0 aliphatic carbocycles. The minimum absolute atomic E-state index is 0.0774. The lowest BCUT2D eigenvalue weighted by Gasteiger charge is -2.14. The number of nitrogens with zero attached hydrogens (tertiary/aromatic N) is 4. The summed E-state index contributed by atoms with van der Waals surface area (Å²) in [4.78, 5) is 26.5. The Morgan fingerprint density at radius 1 is 1.00 bits per heavy atom. The number of carbonyl (C=O) groups is 1. The van der Waals surface area contributed by atoms with Crippen molar-refractivity contribution >= 4 is 34.2 Å². The number of carbonyl (C=O) groups excluding carboxylic acids is 1. The van der Waals surface area contributed by atoms with Crippen LogP contribution in [0.4, 0.5) is 0 Å². The zero-order valence-corrected chi connectivity index (χ0v) is 19.8. The number of hydrogen-bond acceptors (Lipinski definition) is 6. The first kappa shape index (κ1) is 21.9. The smallest absolute Gasteiger partial charge is 0.267 e. The van der Waals surface area contributed by atoms with Gasteiger partial charge in [-0.25, -0.2) is 4.57 Å². The molecule has 0 atom stereocenters. The summed E-state index contributed by atoms with van der Waals surface area (Å²) in [7, 11) is 1.55. The van der Waals surface area contributed by atoms with Crippen molar-refractivity contribution in [2.24, 2.45) is 0 Å². The predicted molar refractivity (Wildman–Crippen MR) is 134 cm³/mol. The summed E-state index contributed by atoms with van der Waals surface area (Å²) in [5, 5.41) is 9.83. The third kappa shape index (κ3) is 3.66. The number of Topliss-reactive ketones (excluding diaryl/α,β-unsaturated/α-hetero) is 1. The highest BCUT2D eigenvalue weighted by molar-refractivity contribution is 7.99. The van der Waals surface area contributed by atoms with E-state index in [9.17, 15) is 9.59 Å². The molecule has 0 saturated heterocycles. The van der Waals surface area contributed by atoms with Gasteiger partial charge in [-0.3, -0.25) is 14.0 Å². The van der Waals surface area contributed by atoms with Gasteiger partial charge in [0.15, 0.2) is 10.9 Å². The topological polar surface area (TPSA) is 78.5 Å². The Morgan fingerprint density at radius 2 is 1.76 bits per heavy atom. The molecule has 0 aliphatic heterocycles. The van der Waals surface area contributed by atoms with E-state index in [-0.39, 0.29) is 17.1 Å². The van der Waals surface area contributed by atoms with E-state index < -0.39 is 0 Å². The fraction of sp³-hybridized carbons (Fsp3) is 0.154. The number of benzene rings is 3. The number of rotatable bonds is 6. The van der Waals surface area contributed by atoms with Gasteiger partial charge in [0.1, 0.15) is 5.75 Å². The molecule has 0 spiro atoms. The van der Waals surface area contributed by atoms with Crippen molar-refractivity contribution in [2.45, 2.75) is 19.0 Å². The molecule has 0 amide bonds. The van der Waals surface area contributed by atoms with Crippen LogP contribution in [0.25, 0.3) is 22.4 Å². The molecule has 3 aromatic carbocycles. The van der Waals surface area contributed by atoms with E-state index in [1.165, 1.54) is 11.8 Å². The second kappa shape index (κ2) is 8.79. The average molecular weight is 471 g/mol. The summed E-state index contributed by atoms with van der Waals surface area (Å²) >= 11 is 1.28. The summed E-state index contributed by atoms with van der Waals surface area (Å²) in [5.74, 6) is 1.02. The number of methoxy groups -OCH3 is 1. The Bertz CT molecular complexity index is 1620. The van der Waals surface area contributed by atoms with Gasteiger partial charge in [-0.2, -0.15) is 0 Å². The van der Waals surface area contributed by atoms with Crippen molar-refractivity contribution in [3.63, 3.8) is 0 Å². The number of thioether (sulfide) groups is 1. The molecule has 2 aromatic heterocycles. The Kier molecular flexibility index (Phi) is 5.67. The van der Waals surface area contributed by atoms with Crippen LogP contribution in [-0.2, 0) is 0 Å². The standard InChI is InChI=1S/C26H22N4O3S/c1-16-12-13-17(2)21(14-16)29-24(32)18-8-4-6-10-20(18)30-25(29)27-28-26(30)34-15-22(31)19-9-5-7-11-23(19)33-3/h4-14H,15H2,1-3H3. The monoisotopic (exact) mass is 470 g/mol. The zero-order chi connectivity index (χ0) is 23.8. The van der Waals surface area contributed by atoms with E-state index in [0.29, 0.717) is 33.1 Å². The van der Waals surface area contributed by atoms with E-state index in [4.69, 9.17) is 4.74 Å². The van der Waals surface area contributed by atoms with Crippen LogP contribution >= 0.6 is 11.8 Å². The molecule has 0 radical (unpaired) electrons. The summed E-state index contributed by atoms with van der Waals surface area (Å²) in [6.07, 6.45) is 0. The van der Waals surface area contributed by atoms with Crippen molar-refractivity contribution < 1.29 is 9.53 Å². The van der Waals surface area contributed by atoms with Crippen LogP contribution in [0.3, 0.4) is 0 Å². The maximum atomic E-state index is 13.5. The van der Waals surface area contributed by atoms with E-state index >= 15 is 0 Å². The van der Waals surface area contributed by atoms with Gasteiger partial charge in [0.05, 0.1) is 35.0 Å². The molecule has 0 saturated carbocycles. The minimum Gasteiger partial charge on any atom is -0.496 e. The molecule has 0 unspecified atom stereocenters. The zero-order valence-electron chi connectivity index (χ0n) is 19.0. The lowest BCUT2D eigenvalue weighted by atomic mass is 10.1. The van der Waals surface area contributed by atoms with E-state index in [0.717, 1.165) is 16.8 Å². The number of aromatic nitrogens is 4. The number of para-hydroxylation sites is 2. The molecule has 0 bridgehead atoms. The van der Waals surface area contributed by atoms with E-state index in [1.54, 1.807) is 29.9 Å².